The van der Waals surface area contributed by atoms with E-state index in [1.807, 2.05) is 65.2 Å². The molecule has 3 heterocycles. The van der Waals surface area contributed by atoms with E-state index in [1.54, 1.807) is 63.0 Å². The number of hydrogen-bond donors (Lipinski definition) is 3. The number of imidazole rings is 1. The van der Waals surface area contributed by atoms with E-state index in [-0.39, 0.29) is 11.4 Å². The molecule has 18 nitrogen and oxygen atoms in total. The number of nitrogens with two attached hydrogens (primary N) is 1. The second kappa shape index (κ2) is 24.3. The molecule has 3 aliphatic rings. The third-order valence-electron chi connectivity index (χ3n) is 10.4. The zero-order valence-electron chi connectivity index (χ0n) is 37.9. The number of carbonyl (C=O) groups is 1. The van der Waals surface area contributed by atoms with Crippen LogP contribution in [0.5, 0.6) is 23.0 Å². The number of nitro benzene ring substituents is 2. The van der Waals surface area contributed by atoms with Gasteiger partial charge in [-0.2, -0.15) is 0 Å². The van der Waals surface area contributed by atoms with E-state index in [1.165, 1.54) is 63.7 Å². The molecule has 0 amide bonds. The van der Waals surface area contributed by atoms with Gasteiger partial charge in [-0.05, 0) is 134 Å². The first-order chi connectivity index (χ1) is 32.9. The van der Waals surface area contributed by atoms with Crippen molar-refractivity contribution in [2.45, 2.75) is 56.7 Å². The van der Waals surface area contributed by atoms with Crippen LogP contribution in [-0.4, -0.2) is 76.2 Å². The van der Waals surface area contributed by atoms with Gasteiger partial charge in [-0.1, -0.05) is 0 Å². The summed E-state index contributed by atoms with van der Waals surface area (Å²) >= 11 is 1.91. The van der Waals surface area contributed by atoms with Crippen molar-refractivity contribution in [2.24, 2.45) is 0 Å². The lowest BCUT2D eigenvalue weighted by atomic mass is 10.2. The quantitative estimate of drug-likeness (QED) is 0.0320. The van der Waals surface area contributed by atoms with Crippen LogP contribution in [0.4, 0.5) is 28.4 Å². The minimum atomic E-state index is -0.426. The fourth-order valence-electron chi connectivity index (χ4n) is 6.42. The van der Waals surface area contributed by atoms with Crippen LogP contribution < -0.4 is 35.3 Å². The van der Waals surface area contributed by atoms with Gasteiger partial charge in [0.1, 0.15) is 34.5 Å². The first kappa shape index (κ1) is 49.9. The molecule has 354 valence electrons. The Labute approximate surface area is 406 Å². The highest BCUT2D eigenvalue weighted by molar-refractivity contribution is 14.1. The number of halogens is 1. The molecule has 0 saturated heterocycles. The van der Waals surface area contributed by atoms with Gasteiger partial charge in [0, 0.05) is 66.2 Å². The van der Waals surface area contributed by atoms with Crippen molar-refractivity contribution in [3.05, 3.63) is 151 Å². The molecule has 3 fully saturated rings. The monoisotopic (exact) mass is 1040 g/mol. The molecule has 0 bridgehead atoms. The first-order valence-corrected chi connectivity index (χ1v) is 22.6. The lowest BCUT2D eigenvalue weighted by Gasteiger charge is -2.09. The van der Waals surface area contributed by atoms with E-state index >= 15 is 0 Å². The molecule has 4 N–H and O–H groups in total. The zero-order valence-corrected chi connectivity index (χ0v) is 40.1. The Bertz CT molecular complexity index is 2790. The van der Waals surface area contributed by atoms with Crippen molar-refractivity contribution >= 4 is 68.3 Å². The molecule has 3 aliphatic carbocycles. The SMILES string of the molecule is COc1ccc(I)c([N+](=O)[O-])c1.COc1ccc(NC2CC2)c(N)c1.COc1ccc(NC2CC2)c([N+](=O)[O-])c1.COc1ccc2c(c1)nc(-c1cccnc1)n2C1CC1.O=Cc1cccnc1. The number of nitrogens with zero attached hydrogens (tertiary/aromatic N) is 6. The molecule has 19 heteroatoms. The summed E-state index contributed by atoms with van der Waals surface area (Å²) in [6, 6.07) is 30.4. The predicted octanol–water partition coefficient (Wildman–Crippen LogP) is 10.6. The smallest absolute Gasteiger partial charge is 0.296 e. The van der Waals surface area contributed by atoms with E-state index in [4.69, 9.17) is 29.7 Å². The maximum Gasteiger partial charge on any atom is 0.296 e. The number of fused-ring (bicyclic) bond motifs is 1. The summed E-state index contributed by atoms with van der Waals surface area (Å²) < 4.78 is 23.1. The molecule has 3 aromatic heterocycles. The van der Waals surface area contributed by atoms with Crippen molar-refractivity contribution in [3.63, 3.8) is 0 Å². The number of ether oxygens (including phenoxy) is 4. The molecule has 10 rings (SSSR count). The highest BCUT2D eigenvalue weighted by Gasteiger charge is 2.29. The van der Waals surface area contributed by atoms with Crippen molar-refractivity contribution in [1.82, 2.24) is 19.5 Å². The second-order valence-corrected chi connectivity index (χ2v) is 16.7. The number of benzene rings is 4. The molecule has 4 aromatic carbocycles. The Kier molecular flexibility index (Phi) is 17.8. The molecule has 0 unspecified atom stereocenters. The minimum absolute atomic E-state index is 0.0706. The standard InChI is InChI=1S/C16H15N3O.C10H12N2O3.C10H14N2O.C7H6INO3.C6H5NO/c1-20-13-6-7-15-14(9-13)18-16(19(15)12-4-5-12)11-3-2-8-17-10-11;1-15-8-4-5-9(11-7-2-3-7)10(6-8)12(13)14;1-13-8-4-5-10(9(11)6-8)12-7-2-3-7;1-12-5-2-3-6(8)7(4-5)9(10)11;8-5-6-2-1-3-7-4-6/h2-3,6-10,12H,4-5H2,1H3;4-7,11H,2-3H2,1H3;4-7,12H,2-3,11H2,1H3;2-4H,1H3;1-5H. The van der Waals surface area contributed by atoms with Gasteiger partial charge in [0.25, 0.3) is 11.4 Å². The first-order valence-electron chi connectivity index (χ1n) is 21.5. The van der Waals surface area contributed by atoms with E-state index in [2.05, 4.69) is 37.3 Å². The average Bonchev–Trinajstić information content (AvgIpc) is 4.26. The number of hydrogen-bond acceptors (Lipinski definition) is 15. The van der Waals surface area contributed by atoms with Crippen molar-refractivity contribution in [2.75, 3.05) is 44.8 Å². The molecule has 0 aliphatic heterocycles. The van der Waals surface area contributed by atoms with E-state index in [0.717, 1.165) is 58.9 Å². The second-order valence-electron chi connectivity index (χ2n) is 15.5. The van der Waals surface area contributed by atoms with Crippen molar-refractivity contribution < 1.29 is 33.6 Å². The average molecular weight is 1040 g/mol. The van der Waals surface area contributed by atoms with Crippen molar-refractivity contribution in [3.8, 4) is 34.4 Å². The Morgan fingerprint density at radius 2 is 1.21 bits per heavy atom. The number of nitrogen functional groups attached to an aromatic ring is 1. The summed E-state index contributed by atoms with van der Waals surface area (Å²) in [5.74, 6) is 3.66. The predicted molar refractivity (Wildman–Crippen MR) is 270 cm³/mol. The molecule has 3 saturated carbocycles. The van der Waals surface area contributed by atoms with Gasteiger partial charge >= 0.3 is 0 Å². The summed E-state index contributed by atoms with van der Waals surface area (Å²) in [6.45, 7) is 0. The fraction of sp³-hybridized carbons (Fsp3) is 0.265. The number of aromatic nitrogens is 4. The van der Waals surface area contributed by atoms with Crippen LogP contribution in [0.15, 0.2) is 122 Å². The highest BCUT2D eigenvalue weighted by atomic mass is 127. The van der Waals surface area contributed by atoms with Gasteiger partial charge in [-0.25, -0.2) is 4.98 Å². The topological polar surface area (TPSA) is 234 Å². The largest absolute Gasteiger partial charge is 0.497 e. The molecular weight excluding hydrogens is 985 g/mol. The number of anilines is 3. The number of pyridine rings is 2. The fourth-order valence-corrected chi connectivity index (χ4v) is 6.95. The molecular formula is C49H52IN9O9. The number of methoxy groups -OCH3 is 4. The summed E-state index contributed by atoms with van der Waals surface area (Å²) in [7, 11) is 6.29. The van der Waals surface area contributed by atoms with Crippen LogP contribution in [0.25, 0.3) is 22.4 Å². The number of carbonyl (C=O) groups excluding carboxylic acids is 1. The zero-order chi connectivity index (χ0) is 48.6. The summed E-state index contributed by atoms with van der Waals surface area (Å²) in [4.78, 5) is 43.1. The number of nitrogens with one attached hydrogen (secondary N) is 2. The molecule has 0 radical (unpaired) electrons. The number of aldehydes is 1. The van der Waals surface area contributed by atoms with Crippen LogP contribution in [-0.2, 0) is 0 Å². The summed E-state index contributed by atoms with van der Waals surface area (Å²) in [5, 5.41) is 27.7. The number of nitro groups is 2. The Hall–Kier alpha value is -7.55. The van der Waals surface area contributed by atoms with Crippen molar-refractivity contribution in [1.29, 1.82) is 0 Å². The molecule has 0 atom stereocenters. The van der Waals surface area contributed by atoms with Gasteiger partial charge in [-0.3, -0.25) is 35.0 Å². The van der Waals surface area contributed by atoms with Gasteiger partial charge in [0.05, 0.1) is 76.4 Å². The number of rotatable bonds is 13. The maximum atomic E-state index is 10.8. The van der Waals surface area contributed by atoms with Gasteiger partial charge in [0.15, 0.2) is 6.29 Å². The molecule has 0 spiro atoms. The molecule has 7 aromatic rings. The van der Waals surface area contributed by atoms with Gasteiger partial charge in [0.2, 0.25) is 0 Å². The Balaban J connectivity index is 0.000000144. The Morgan fingerprint density at radius 1 is 0.676 bits per heavy atom. The van der Waals surface area contributed by atoms with Crippen LogP contribution in [0, 0.1) is 23.8 Å². The summed E-state index contributed by atoms with van der Waals surface area (Å²) in [5.41, 5.74) is 12.2. The van der Waals surface area contributed by atoms with E-state index < -0.39 is 9.85 Å². The van der Waals surface area contributed by atoms with Gasteiger partial charge in [-0.15, -0.1) is 0 Å². The highest BCUT2D eigenvalue weighted by Crippen LogP contribution is 2.42. The van der Waals surface area contributed by atoms with Gasteiger partial charge < -0.3 is 39.9 Å². The van der Waals surface area contributed by atoms with Crippen LogP contribution in [0.3, 0.4) is 0 Å². The minimum Gasteiger partial charge on any atom is -0.497 e. The Morgan fingerprint density at radius 3 is 1.71 bits per heavy atom. The van der Waals surface area contributed by atoms with Crippen LogP contribution in [0.2, 0.25) is 0 Å². The third-order valence-corrected chi connectivity index (χ3v) is 11.3. The third kappa shape index (κ3) is 14.5. The lowest BCUT2D eigenvalue weighted by Crippen LogP contribution is -2.04. The van der Waals surface area contributed by atoms with E-state index in [9.17, 15) is 25.0 Å². The van der Waals surface area contributed by atoms with Crippen LogP contribution >= 0.6 is 22.6 Å². The molecule has 68 heavy (non-hydrogen) atoms. The normalized spacial score (nSPS) is 13.2. The maximum absolute atomic E-state index is 10.8. The van der Waals surface area contributed by atoms with E-state index in [0.29, 0.717) is 44.4 Å². The van der Waals surface area contributed by atoms with Crippen LogP contribution in [0.1, 0.15) is 54.9 Å². The lowest BCUT2D eigenvalue weighted by molar-refractivity contribution is -0.385. The summed E-state index contributed by atoms with van der Waals surface area (Å²) in [6.07, 6.45) is 14.7.